The van der Waals surface area contributed by atoms with Gasteiger partial charge in [0.25, 0.3) is 0 Å². The lowest BCUT2D eigenvalue weighted by molar-refractivity contribution is -0.132. The quantitative estimate of drug-likeness (QED) is 0.820. The van der Waals surface area contributed by atoms with Crippen LogP contribution < -0.4 is 4.74 Å². The summed E-state index contributed by atoms with van der Waals surface area (Å²) < 4.78 is 19.3. The second-order valence-electron chi connectivity index (χ2n) is 7.02. The molecule has 1 unspecified atom stereocenters. The molecule has 3 rings (SSSR count). The van der Waals surface area contributed by atoms with Gasteiger partial charge in [0.2, 0.25) is 5.91 Å². The normalized spacial score (nSPS) is 17.2. The van der Waals surface area contributed by atoms with E-state index in [2.05, 4.69) is 4.98 Å². The van der Waals surface area contributed by atoms with E-state index < -0.39 is 0 Å². The average molecular weight is 356 g/mol. The Balaban J connectivity index is 1.55. The van der Waals surface area contributed by atoms with E-state index in [4.69, 9.17) is 4.74 Å². The number of likely N-dealkylation sites (tertiary alicyclic amines) is 1. The molecular formula is C21H25FN2O2. The molecule has 1 saturated heterocycles. The minimum atomic E-state index is -0.348. The third kappa shape index (κ3) is 4.81. The van der Waals surface area contributed by atoms with Crippen LogP contribution in [0.2, 0.25) is 0 Å². The maximum absolute atomic E-state index is 13.7. The molecule has 0 spiro atoms. The smallest absolute Gasteiger partial charge is 0.227 e. The Morgan fingerprint density at radius 1 is 1.27 bits per heavy atom. The van der Waals surface area contributed by atoms with Crippen molar-refractivity contribution in [1.82, 2.24) is 9.88 Å². The van der Waals surface area contributed by atoms with Crippen LogP contribution in [0, 0.1) is 25.6 Å². The van der Waals surface area contributed by atoms with Gasteiger partial charge in [-0.25, -0.2) is 4.39 Å². The highest BCUT2D eigenvalue weighted by Gasteiger charge is 2.24. The Morgan fingerprint density at radius 2 is 2.00 bits per heavy atom. The minimum Gasteiger partial charge on any atom is -0.490 e. The first-order valence-electron chi connectivity index (χ1n) is 9.10. The zero-order valence-corrected chi connectivity index (χ0v) is 15.4. The van der Waals surface area contributed by atoms with E-state index >= 15 is 0 Å². The lowest BCUT2D eigenvalue weighted by atomic mass is 9.98. The summed E-state index contributed by atoms with van der Waals surface area (Å²) in [6.07, 6.45) is 2.34. The highest BCUT2D eigenvalue weighted by atomic mass is 19.1. The third-order valence-electron chi connectivity index (χ3n) is 4.68. The standard InChI is InChI=1S/C21H25FN2O2/c1-15-10-18(11-16(2)23-15)12-21(25)24-9-5-6-17(13-24)14-26-20-8-4-3-7-19(20)22/h3-4,7-8,10-11,17H,5-6,9,12-14H2,1-2H3. The molecule has 4 nitrogen and oxygen atoms in total. The van der Waals surface area contributed by atoms with Gasteiger partial charge in [-0.1, -0.05) is 12.1 Å². The van der Waals surface area contributed by atoms with E-state index in [-0.39, 0.29) is 23.4 Å². The van der Waals surface area contributed by atoms with E-state index in [1.807, 2.05) is 30.9 Å². The second-order valence-corrected chi connectivity index (χ2v) is 7.02. The molecule has 5 heteroatoms. The molecule has 0 radical (unpaired) electrons. The molecular weight excluding hydrogens is 331 g/mol. The van der Waals surface area contributed by atoms with Crippen LogP contribution in [0.5, 0.6) is 5.75 Å². The van der Waals surface area contributed by atoms with E-state index in [9.17, 15) is 9.18 Å². The summed E-state index contributed by atoms with van der Waals surface area (Å²) in [6, 6.07) is 10.4. The van der Waals surface area contributed by atoms with Crippen LogP contribution in [0.4, 0.5) is 4.39 Å². The van der Waals surface area contributed by atoms with Crippen molar-refractivity contribution in [2.24, 2.45) is 5.92 Å². The number of para-hydroxylation sites is 1. The van der Waals surface area contributed by atoms with Gasteiger partial charge in [0.15, 0.2) is 11.6 Å². The van der Waals surface area contributed by atoms with Crippen LogP contribution in [0.25, 0.3) is 0 Å². The Labute approximate surface area is 154 Å². The van der Waals surface area contributed by atoms with Gasteiger partial charge in [-0.15, -0.1) is 0 Å². The zero-order chi connectivity index (χ0) is 18.5. The third-order valence-corrected chi connectivity index (χ3v) is 4.68. The number of hydrogen-bond acceptors (Lipinski definition) is 3. The first-order valence-corrected chi connectivity index (χ1v) is 9.10. The molecule has 0 aliphatic carbocycles. The summed E-state index contributed by atoms with van der Waals surface area (Å²) in [5.41, 5.74) is 2.87. The molecule has 138 valence electrons. The summed E-state index contributed by atoms with van der Waals surface area (Å²) in [7, 11) is 0. The predicted molar refractivity (Wildman–Crippen MR) is 98.6 cm³/mol. The summed E-state index contributed by atoms with van der Waals surface area (Å²) in [6.45, 7) is 5.75. The number of rotatable bonds is 5. The molecule has 1 aliphatic rings. The van der Waals surface area contributed by atoms with Crippen LogP contribution in [-0.2, 0) is 11.2 Å². The zero-order valence-electron chi connectivity index (χ0n) is 15.4. The molecule has 26 heavy (non-hydrogen) atoms. The van der Waals surface area contributed by atoms with E-state index in [0.29, 0.717) is 19.6 Å². The maximum Gasteiger partial charge on any atom is 0.227 e. The van der Waals surface area contributed by atoms with Crippen LogP contribution >= 0.6 is 0 Å². The SMILES string of the molecule is Cc1cc(CC(=O)N2CCCC(COc3ccccc3F)C2)cc(C)n1. The molecule has 1 aliphatic heterocycles. The molecule has 1 fully saturated rings. The number of hydrogen-bond donors (Lipinski definition) is 0. The Bertz CT molecular complexity index is 758. The number of carbonyl (C=O) groups excluding carboxylic acids is 1. The van der Waals surface area contributed by atoms with Gasteiger partial charge < -0.3 is 9.64 Å². The highest BCUT2D eigenvalue weighted by molar-refractivity contribution is 5.79. The van der Waals surface area contributed by atoms with Crippen molar-refractivity contribution >= 4 is 5.91 Å². The molecule has 1 aromatic heterocycles. The number of ether oxygens (including phenoxy) is 1. The maximum atomic E-state index is 13.7. The Morgan fingerprint density at radius 3 is 2.73 bits per heavy atom. The molecule has 2 heterocycles. The van der Waals surface area contributed by atoms with E-state index in [0.717, 1.165) is 36.3 Å². The summed E-state index contributed by atoms with van der Waals surface area (Å²) in [5, 5.41) is 0. The number of pyridine rings is 1. The highest BCUT2D eigenvalue weighted by Crippen LogP contribution is 2.21. The molecule has 1 aromatic carbocycles. The monoisotopic (exact) mass is 356 g/mol. The molecule has 0 saturated carbocycles. The van der Waals surface area contributed by atoms with Crippen molar-refractivity contribution in [2.75, 3.05) is 19.7 Å². The van der Waals surface area contributed by atoms with E-state index in [1.54, 1.807) is 18.2 Å². The van der Waals surface area contributed by atoms with Crippen molar-refractivity contribution in [3.05, 3.63) is 59.2 Å². The fourth-order valence-corrected chi connectivity index (χ4v) is 3.51. The first kappa shape index (κ1) is 18.4. The number of aromatic nitrogens is 1. The van der Waals surface area contributed by atoms with Crippen LogP contribution in [0.15, 0.2) is 36.4 Å². The van der Waals surface area contributed by atoms with Gasteiger partial charge in [0.05, 0.1) is 13.0 Å². The van der Waals surface area contributed by atoms with Crippen molar-refractivity contribution in [2.45, 2.75) is 33.1 Å². The fourth-order valence-electron chi connectivity index (χ4n) is 3.51. The number of amides is 1. The van der Waals surface area contributed by atoms with Crippen molar-refractivity contribution in [1.29, 1.82) is 0 Å². The average Bonchev–Trinajstić information content (AvgIpc) is 2.60. The number of aryl methyl sites for hydroxylation is 2. The second kappa shape index (κ2) is 8.30. The number of piperidine rings is 1. The van der Waals surface area contributed by atoms with Gasteiger partial charge in [0.1, 0.15) is 0 Å². The number of benzene rings is 1. The van der Waals surface area contributed by atoms with Crippen LogP contribution in [-0.4, -0.2) is 35.5 Å². The van der Waals surface area contributed by atoms with Crippen molar-refractivity contribution in [3.8, 4) is 5.75 Å². The topological polar surface area (TPSA) is 42.4 Å². The number of halogens is 1. The van der Waals surface area contributed by atoms with Gasteiger partial charge in [-0.05, 0) is 56.5 Å². The summed E-state index contributed by atoms with van der Waals surface area (Å²) in [5.74, 6) is 0.289. The molecule has 2 aromatic rings. The van der Waals surface area contributed by atoms with Gasteiger partial charge in [-0.3, -0.25) is 9.78 Å². The van der Waals surface area contributed by atoms with Crippen LogP contribution in [0.3, 0.4) is 0 Å². The van der Waals surface area contributed by atoms with E-state index in [1.165, 1.54) is 6.07 Å². The summed E-state index contributed by atoms with van der Waals surface area (Å²) >= 11 is 0. The molecule has 1 atom stereocenters. The van der Waals surface area contributed by atoms with Crippen molar-refractivity contribution < 1.29 is 13.9 Å². The summed E-state index contributed by atoms with van der Waals surface area (Å²) in [4.78, 5) is 18.9. The predicted octanol–water partition coefficient (Wildman–Crippen LogP) is 3.70. The number of nitrogens with zero attached hydrogens (tertiary/aromatic N) is 2. The fraction of sp³-hybridized carbons (Fsp3) is 0.429. The Kier molecular flexibility index (Phi) is 5.86. The molecule has 0 N–H and O–H groups in total. The molecule has 0 bridgehead atoms. The van der Waals surface area contributed by atoms with Crippen molar-refractivity contribution in [3.63, 3.8) is 0 Å². The number of carbonyl (C=O) groups is 1. The Hall–Kier alpha value is -2.43. The largest absolute Gasteiger partial charge is 0.490 e. The molecule has 1 amide bonds. The van der Waals surface area contributed by atoms with Gasteiger partial charge in [-0.2, -0.15) is 0 Å². The minimum absolute atomic E-state index is 0.130. The lowest BCUT2D eigenvalue weighted by Crippen LogP contribution is -2.42. The van der Waals surface area contributed by atoms with Gasteiger partial charge >= 0.3 is 0 Å². The lowest BCUT2D eigenvalue weighted by Gasteiger charge is -2.32. The van der Waals surface area contributed by atoms with Crippen LogP contribution in [0.1, 0.15) is 29.8 Å². The first-order chi connectivity index (χ1) is 12.5. The van der Waals surface area contributed by atoms with Gasteiger partial charge in [0, 0.05) is 30.4 Å².